The summed E-state index contributed by atoms with van der Waals surface area (Å²) in [5.74, 6) is -0.935. The average molecular weight is 514 g/mol. The molecule has 4 amide bonds. The van der Waals surface area contributed by atoms with Gasteiger partial charge in [0.1, 0.15) is 6.04 Å². The van der Waals surface area contributed by atoms with Gasteiger partial charge in [0.25, 0.3) is 11.8 Å². The molecule has 0 aliphatic carbocycles. The normalized spacial score (nSPS) is 19.2. The van der Waals surface area contributed by atoms with Crippen LogP contribution in [-0.4, -0.2) is 44.8 Å². The third-order valence-electron chi connectivity index (χ3n) is 4.97. The number of hydrogen-bond donors (Lipinski definition) is 1. The minimum absolute atomic E-state index is 0.128. The van der Waals surface area contributed by atoms with Crippen LogP contribution in [0.3, 0.4) is 0 Å². The predicted octanol–water partition coefficient (Wildman–Crippen LogP) is 3.57. The van der Waals surface area contributed by atoms with E-state index in [0.29, 0.717) is 11.1 Å². The van der Waals surface area contributed by atoms with Crippen LogP contribution in [0.2, 0.25) is 0 Å². The predicted molar refractivity (Wildman–Crippen MR) is 116 cm³/mol. The van der Waals surface area contributed by atoms with Crippen LogP contribution in [0.4, 0.5) is 0 Å². The maximum Gasteiger partial charge on any atom is 0.263 e. The topological polar surface area (TPSA) is 83.6 Å². The smallest absolute Gasteiger partial charge is 0.263 e. The lowest BCUT2D eigenvalue weighted by Crippen LogP contribution is -2.54. The Bertz CT molecular complexity index is 798. The number of amides is 4. The minimum Gasteiger partial charge on any atom is -0.295 e. The lowest BCUT2D eigenvalue weighted by atomic mass is 10.0. The van der Waals surface area contributed by atoms with Crippen LogP contribution >= 0.6 is 34.4 Å². The highest BCUT2D eigenvalue weighted by molar-refractivity contribution is 14.1. The average Bonchev–Trinajstić information content (AvgIpc) is 2.93. The number of unbranched alkanes of at least 4 members (excludes halogenated alkanes) is 4. The molecule has 3 rings (SSSR count). The quantitative estimate of drug-likeness (QED) is 0.179. The molecule has 1 unspecified atom stereocenters. The highest BCUT2D eigenvalue weighted by Gasteiger charge is 2.45. The highest BCUT2D eigenvalue weighted by Crippen LogP contribution is 2.34. The van der Waals surface area contributed by atoms with Crippen molar-refractivity contribution in [3.8, 4) is 0 Å². The molecule has 1 atom stereocenters. The summed E-state index contributed by atoms with van der Waals surface area (Å²) in [4.78, 5) is 51.1. The molecular weight excluding hydrogens is 491 g/mol. The van der Waals surface area contributed by atoms with Gasteiger partial charge >= 0.3 is 0 Å². The van der Waals surface area contributed by atoms with Crippen molar-refractivity contribution in [2.24, 2.45) is 0 Å². The molecule has 1 aromatic carbocycles. The van der Waals surface area contributed by atoms with Gasteiger partial charge in [0.05, 0.1) is 11.1 Å². The molecule has 0 bridgehead atoms. The van der Waals surface area contributed by atoms with E-state index in [1.54, 1.807) is 23.9 Å². The standard InChI is InChI=1S/C20H23IN2O4S/c21-11-4-2-1-3-5-12-28-15-8-6-7-13-17(15)20(27)23(19(13)26)14-9-10-16(24)22-18(14)25/h6-8,14H,1-5,9-12H2,(H,22,24,25). The Morgan fingerprint density at radius 2 is 1.79 bits per heavy atom. The summed E-state index contributed by atoms with van der Waals surface area (Å²) >= 11 is 3.98. The molecule has 0 aromatic heterocycles. The van der Waals surface area contributed by atoms with Gasteiger partial charge in [0, 0.05) is 11.3 Å². The largest absolute Gasteiger partial charge is 0.295 e. The van der Waals surface area contributed by atoms with E-state index >= 15 is 0 Å². The zero-order chi connectivity index (χ0) is 20.1. The molecule has 2 aliphatic heterocycles. The van der Waals surface area contributed by atoms with Gasteiger partial charge in [0.15, 0.2) is 0 Å². The van der Waals surface area contributed by atoms with Crippen molar-refractivity contribution in [2.75, 3.05) is 10.2 Å². The fourth-order valence-electron chi connectivity index (χ4n) is 3.51. The van der Waals surface area contributed by atoms with E-state index in [-0.39, 0.29) is 18.7 Å². The van der Waals surface area contributed by atoms with E-state index in [9.17, 15) is 19.2 Å². The summed E-state index contributed by atoms with van der Waals surface area (Å²) in [5.41, 5.74) is 0.744. The van der Waals surface area contributed by atoms with Gasteiger partial charge in [0.2, 0.25) is 11.8 Å². The number of nitrogens with one attached hydrogen (secondary N) is 1. The molecule has 1 fully saturated rings. The number of fused-ring (bicyclic) bond motifs is 1. The lowest BCUT2D eigenvalue weighted by Gasteiger charge is -2.27. The van der Waals surface area contributed by atoms with Crippen LogP contribution < -0.4 is 5.32 Å². The van der Waals surface area contributed by atoms with E-state index in [1.807, 2.05) is 6.07 Å². The molecule has 0 radical (unpaired) electrons. The number of rotatable bonds is 9. The molecule has 150 valence electrons. The van der Waals surface area contributed by atoms with E-state index < -0.39 is 23.8 Å². The molecule has 28 heavy (non-hydrogen) atoms. The van der Waals surface area contributed by atoms with Crippen molar-refractivity contribution in [2.45, 2.75) is 55.9 Å². The van der Waals surface area contributed by atoms with Gasteiger partial charge < -0.3 is 0 Å². The first-order chi connectivity index (χ1) is 13.5. The molecule has 2 aliphatic rings. The first-order valence-corrected chi connectivity index (χ1v) is 12.1. The minimum atomic E-state index is -0.916. The summed E-state index contributed by atoms with van der Waals surface area (Å²) < 4.78 is 1.20. The zero-order valence-corrected chi connectivity index (χ0v) is 18.5. The van der Waals surface area contributed by atoms with Crippen molar-refractivity contribution in [1.82, 2.24) is 10.2 Å². The Labute approximate surface area is 182 Å². The van der Waals surface area contributed by atoms with E-state index in [1.165, 1.54) is 23.7 Å². The molecule has 2 heterocycles. The fourth-order valence-corrected chi connectivity index (χ4v) is 5.14. The molecule has 1 saturated heterocycles. The second-order valence-electron chi connectivity index (χ2n) is 6.93. The van der Waals surface area contributed by atoms with Crippen LogP contribution in [0.25, 0.3) is 0 Å². The Morgan fingerprint density at radius 3 is 2.54 bits per heavy atom. The summed E-state index contributed by atoms with van der Waals surface area (Å²) in [6.45, 7) is 0. The van der Waals surface area contributed by atoms with Crippen molar-refractivity contribution in [3.05, 3.63) is 29.3 Å². The molecule has 1 N–H and O–H groups in total. The number of hydrogen-bond acceptors (Lipinski definition) is 5. The summed E-state index contributed by atoms with van der Waals surface area (Å²) in [6.07, 6.45) is 6.26. The van der Waals surface area contributed by atoms with Crippen molar-refractivity contribution in [1.29, 1.82) is 0 Å². The maximum atomic E-state index is 13.0. The van der Waals surface area contributed by atoms with Crippen LogP contribution in [0.5, 0.6) is 0 Å². The van der Waals surface area contributed by atoms with Gasteiger partial charge in [-0.3, -0.25) is 29.4 Å². The number of carbonyl (C=O) groups is 4. The number of alkyl halides is 1. The number of piperidine rings is 1. The molecule has 6 nitrogen and oxygen atoms in total. The van der Waals surface area contributed by atoms with Gasteiger partial charge in [-0.05, 0) is 41.6 Å². The number of benzene rings is 1. The molecule has 1 aromatic rings. The third-order valence-corrected chi connectivity index (χ3v) is 6.87. The van der Waals surface area contributed by atoms with Crippen LogP contribution in [-0.2, 0) is 9.59 Å². The molecule has 0 saturated carbocycles. The monoisotopic (exact) mass is 514 g/mol. The van der Waals surface area contributed by atoms with Gasteiger partial charge in [-0.2, -0.15) is 0 Å². The highest BCUT2D eigenvalue weighted by atomic mass is 127. The van der Waals surface area contributed by atoms with Gasteiger partial charge in [-0.1, -0.05) is 47.9 Å². The van der Waals surface area contributed by atoms with E-state index in [2.05, 4.69) is 27.9 Å². The van der Waals surface area contributed by atoms with E-state index in [0.717, 1.165) is 28.4 Å². The third kappa shape index (κ3) is 4.59. The van der Waals surface area contributed by atoms with Crippen LogP contribution in [0.15, 0.2) is 23.1 Å². The van der Waals surface area contributed by atoms with E-state index in [4.69, 9.17) is 0 Å². The maximum absolute atomic E-state index is 13.0. The second kappa shape index (κ2) is 9.87. The number of imide groups is 2. The zero-order valence-electron chi connectivity index (χ0n) is 15.5. The second-order valence-corrected chi connectivity index (χ2v) is 9.15. The summed E-state index contributed by atoms with van der Waals surface area (Å²) in [6, 6.07) is 4.36. The molecular formula is C20H23IN2O4S. The SMILES string of the molecule is O=C1CCC(N2C(=O)c3cccc(SCCCCCCCI)c3C2=O)C(=O)N1. The van der Waals surface area contributed by atoms with Gasteiger partial charge in [-0.25, -0.2) is 0 Å². The first kappa shape index (κ1) is 21.3. The first-order valence-electron chi connectivity index (χ1n) is 9.58. The lowest BCUT2D eigenvalue weighted by molar-refractivity contribution is -0.136. The van der Waals surface area contributed by atoms with Gasteiger partial charge in [-0.15, -0.1) is 11.8 Å². The Balaban J connectivity index is 1.66. The Kier molecular flexibility index (Phi) is 7.50. The fraction of sp³-hybridized carbons (Fsp3) is 0.500. The van der Waals surface area contributed by atoms with Crippen molar-refractivity contribution < 1.29 is 19.2 Å². The number of carbonyl (C=O) groups excluding carboxylic acids is 4. The Morgan fingerprint density at radius 1 is 1.04 bits per heavy atom. The number of thioether (sulfide) groups is 1. The molecule has 0 spiro atoms. The number of nitrogens with zero attached hydrogens (tertiary/aromatic N) is 1. The van der Waals surface area contributed by atoms with Crippen LogP contribution in [0, 0.1) is 0 Å². The van der Waals surface area contributed by atoms with Crippen molar-refractivity contribution >= 4 is 58.0 Å². The Hall–Kier alpha value is -1.42. The summed E-state index contributed by atoms with van der Waals surface area (Å²) in [5, 5.41) is 2.22. The van der Waals surface area contributed by atoms with Crippen molar-refractivity contribution in [3.63, 3.8) is 0 Å². The van der Waals surface area contributed by atoms with Crippen LogP contribution in [0.1, 0.15) is 65.7 Å². The summed E-state index contributed by atoms with van der Waals surface area (Å²) in [7, 11) is 0. The molecule has 8 heteroatoms. The number of halogens is 1.